The largest absolute Gasteiger partial charge is 0.491 e. The molecule has 1 N–H and O–H groups in total. The minimum Gasteiger partial charge on any atom is -0.491 e. The molecule has 3 rings (SSSR count). The van der Waals surface area contributed by atoms with E-state index in [1.165, 1.54) is 35.9 Å². The fourth-order valence-electron chi connectivity index (χ4n) is 3.16. The van der Waals surface area contributed by atoms with Crippen molar-refractivity contribution >= 4 is 10.9 Å². The van der Waals surface area contributed by atoms with Crippen LogP contribution in [0.2, 0.25) is 0 Å². The van der Waals surface area contributed by atoms with Crippen LogP contribution in [0.3, 0.4) is 0 Å². The second-order valence-electron chi connectivity index (χ2n) is 6.17. The molecule has 1 saturated heterocycles. The molecule has 1 aliphatic rings. The van der Waals surface area contributed by atoms with Gasteiger partial charge in [-0.2, -0.15) is 0 Å². The highest BCUT2D eigenvalue weighted by atomic mass is 16.5. The van der Waals surface area contributed by atoms with Gasteiger partial charge in [-0.3, -0.25) is 0 Å². The van der Waals surface area contributed by atoms with Crippen LogP contribution in [0.5, 0.6) is 5.75 Å². The van der Waals surface area contributed by atoms with Crippen LogP contribution in [0.1, 0.15) is 32.3 Å². The van der Waals surface area contributed by atoms with Crippen molar-refractivity contribution in [3.63, 3.8) is 0 Å². The molecule has 20 heavy (non-hydrogen) atoms. The van der Waals surface area contributed by atoms with Crippen molar-refractivity contribution in [2.24, 2.45) is 0 Å². The Morgan fingerprint density at radius 2 is 2.25 bits per heavy atom. The minimum absolute atomic E-state index is 0.218. The molecule has 1 aromatic heterocycles. The van der Waals surface area contributed by atoms with Crippen molar-refractivity contribution in [3.05, 3.63) is 30.0 Å². The number of hydrogen-bond donors (Lipinski definition) is 1. The van der Waals surface area contributed by atoms with E-state index in [9.17, 15) is 0 Å². The first-order chi connectivity index (χ1) is 9.63. The molecule has 0 saturated carbocycles. The quantitative estimate of drug-likeness (QED) is 0.921. The van der Waals surface area contributed by atoms with Crippen molar-refractivity contribution in [1.82, 2.24) is 9.88 Å². The highest BCUT2D eigenvalue weighted by Gasteiger charge is 2.22. The predicted molar refractivity (Wildman–Crippen MR) is 83.4 cm³/mol. The predicted octanol–water partition coefficient (Wildman–Crippen LogP) is 3.59. The Labute approximate surface area is 120 Å². The summed E-state index contributed by atoms with van der Waals surface area (Å²) in [6, 6.07) is 7.03. The van der Waals surface area contributed by atoms with E-state index < -0.39 is 0 Å². The lowest BCUT2D eigenvalue weighted by molar-refractivity contribution is 0.243. The van der Waals surface area contributed by atoms with E-state index in [1.807, 2.05) is 6.07 Å². The number of likely N-dealkylation sites (N-methyl/N-ethyl adjacent to an activating group) is 1. The van der Waals surface area contributed by atoms with E-state index in [0.29, 0.717) is 6.04 Å². The zero-order valence-electron chi connectivity index (χ0n) is 12.6. The molecule has 108 valence electrons. The number of aromatic nitrogens is 1. The molecule has 0 amide bonds. The van der Waals surface area contributed by atoms with Crippen LogP contribution < -0.4 is 4.74 Å². The lowest BCUT2D eigenvalue weighted by Gasteiger charge is -2.18. The molecule has 1 fully saturated rings. The van der Waals surface area contributed by atoms with Gasteiger partial charge in [0.05, 0.1) is 6.10 Å². The highest BCUT2D eigenvalue weighted by Crippen LogP contribution is 2.27. The SMILES string of the molecule is CC(C)Oc1ccc2[nH]cc(CC3CCCN3C)c2c1. The van der Waals surface area contributed by atoms with Gasteiger partial charge in [-0.1, -0.05) is 0 Å². The molecule has 0 bridgehead atoms. The second kappa shape index (κ2) is 5.49. The Morgan fingerprint density at radius 1 is 1.40 bits per heavy atom. The summed E-state index contributed by atoms with van der Waals surface area (Å²) in [5, 5.41) is 1.31. The van der Waals surface area contributed by atoms with E-state index in [0.717, 1.165) is 12.2 Å². The van der Waals surface area contributed by atoms with Crippen molar-refractivity contribution in [2.75, 3.05) is 13.6 Å². The minimum atomic E-state index is 0.218. The van der Waals surface area contributed by atoms with Gasteiger partial charge in [0.25, 0.3) is 0 Å². The number of H-pyrrole nitrogens is 1. The molecule has 1 aromatic carbocycles. The Kier molecular flexibility index (Phi) is 3.70. The Balaban J connectivity index is 1.86. The molecule has 2 heterocycles. The van der Waals surface area contributed by atoms with Gasteiger partial charge in [-0.25, -0.2) is 0 Å². The van der Waals surface area contributed by atoms with Gasteiger partial charge in [0, 0.05) is 23.1 Å². The van der Waals surface area contributed by atoms with Gasteiger partial charge >= 0.3 is 0 Å². The first kappa shape index (κ1) is 13.5. The van der Waals surface area contributed by atoms with Crippen LogP contribution in [0.25, 0.3) is 10.9 Å². The molecule has 0 radical (unpaired) electrons. The van der Waals surface area contributed by atoms with Crippen LogP contribution in [-0.2, 0) is 6.42 Å². The first-order valence-electron chi connectivity index (χ1n) is 7.60. The lowest BCUT2D eigenvalue weighted by atomic mass is 10.0. The van der Waals surface area contributed by atoms with Gasteiger partial charge in [0.2, 0.25) is 0 Å². The zero-order chi connectivity index (χ0) is 14.1. The Hall–Kier alpha value is -1.48. The smallest absolute Gasteiger partial charge is 0.120 e. The van der Waals surface area contributed by atoms with Gasteiger partial charge in [-0.05, 0) is 70.5 Å². The van der Waals surface area contributed by atoms with Gasteiger partial charge in [0.1, 0.15) is 5.75 Å². The highest BCUT2D eigenvalue weighted by molar-refractivity contribution is 5.84. The lowest BCUT2D eigenvalue weighted by Crippen LogP contribution is -2.26. The molecule has 1 aliphatic heterocycles. The summed E-state index contributed by atoms with van der Waals surface area (Å²) in [6.07, 6.45) is 6.14. The summed E-state index contributed by atoms with van der Waals surface area (Å²) >= 11 is 0. The van der Waals surface area contributed by atoms with E-state index in [1.54, 1.807) is 0 Å². The van der Waals surface area contributed by atoms with Gasteiger partial charge < -0.3 is 14.6 Å². The van der Waals surface area contributed by atoms with Crippen molar-refractivity contribution in [2.45, 2.75) is 45.3 Å². The summed E-state index contributed by atoms with van der Waals surface area (Å²) in [5.74, 6) is 0.966. The van der Waals surface area contributed by atoms with Gasteiger partial charge in [0.15, 0.2) is 0 Å². The average Bonchev–Trinajstić information content (AvgIpc) is 2.97. The number of aromatic amines is 1. The second-order valence-corrected chi connectivity index (χ2v) is 6.17. The third-order valence-electron chi connectivity index (χ3n) is 4.24. The number of ether oxygens (including phenoxy) is 1. The number of nitrogens with zero attached hydrogens (tertiary/aromatic N) is 1. The van der Waals surface area contributed by atoms with Crippen molar-refractivity contribution in [1.29, 1.82) is 0 Å². The van der Waals surface area contributed by atoms with Gasteiger partial charge in [-0.15, -0.1) is 0 Å². The number of hydrogen-bond acceptors (Lipinski definition) is 2. The molecule has 2 aromatic rings. The molecular formula is C17H24N2O. The van der Waals surface area contributed by atoms with E-state index >= 15 is 0 Å². The molecule has 3 nitrogen and oxygen atoms in total. The summed E-state index contributed by atoms with van der Waals surface area (Å²) < 4.78 is 5.81. The van der Waals surface area contributed by atoms with Crippen LogP contribution in [0, 0.1) is 0 Å². The van der Waals surface area contributed by atoms with Crippen molar-refractivity contribution < 1.29 is 4.74 Å². The monoisotopic (exact) mass is 272 g/mol. The first-order valence-corrected chi connectivity index (χ1v) is 7.60. The zero-order valence-corrected chi connectivity index (χ0v) is 12.6. The van der Waals surface area contributed by atoms with E-state index in [-0.39, 0.29) is 6.10 Å². The van der Waals surface area contributed by atoms with E-state index in [4.69, 9.17) is 4.74 Å². The number of fused-ring (bicyclic) bond motifs is 1. The van der Waals surface area contributed by atoms with Crippen LogP contribution in [0.4, 0.5) is 0 Å². The summed E-state index contributed by atoms with van der Waals surface area (Å²) in [7, 11) is 2.24. The molecule has 1 unspecified atom stereocenters. The maximum atomic E-state index is 5.81. The summed E-state index contributed by atoms with van der Waals surface area (Å²) in [4.78, 5) is 5.86. The van der Waals surface area contributed by atoms with Crippen LogP contribution >= 0.6 is 0 Å². The average molecular weight is 272 g/mol. The van der Waals surface area contributed by atoms with Crippen LogP contribution in [-0.4, -0.2) is 35.6 Å². The Bertz CT molecular complexity index is 588. The van der Waals surface area contributed by atoms with Crippen molar-refractivity contribution in [3.8, 4) is 5.75 Å². The molecular weight excluding hydrogens is 248 g/mol. The molecule has 0 aliphatic carbocycles. The topological polar surface area (TPSA) is 28.3 Å². The summed E-state index contributed by atoms with van der Waals surface area (Å²) in [5.41, 5.74) is 2.62. The fraction of sp³-hybridized carbons (Fsp3) is 0.529. The third kappa shape index (κ3) is 2.68. The standard InChI is InChI=1S/C17H24N2O/c1-12(2)20-15-6-7-17-16(10-15)13(11-18-17)9-14-5-4-8-19(14)3/h6-7,10-12,14,18H,4-5,8-9H2,1-3H3. The molecule has 0 spiro atoms. The van der Waals surface area contributed by atoms with E-state index in [2.05, 4.69) is 49.1 Å². The maximum absolute atomic E-state index is 5.81. The molecule has 1 atom stereocenters. The molecule has 3 heteroatoms. The number of nitrogens with one attached hydrogen (secondary N) is 1. The maximum Gasteiger partial charge on any atom is 0.120 e. The normalized spacial score (nSPS) is 20.1. The number of benzene rings is 1. The summed E-state index contributed by atoms with van der Waals surface area (Å²) in [6.45, 7) is 5.36. The Morgan fingerprint density at radius 3 is 2.95 bits per heavy atom. The number of likely N-dealkylation sites (tertiary alicyclic amines) is 1. The number of rotatable bonds is 4. The third-order valence-corrected chi connectivity index (χ3v) is 4.24. The fourth-order valence-corrected chi connectivity index (χ4v) is 3.16. The van der Waals surface area contributed by atoms with Crippen LogP contribution in [0.15, 0.2) is 24.4 Å².